The van der Waals surface area contributed by atoms with Crippen LogP contribution >= 0.6 is 11.8 Å². The Morgan fingerprint density at radius 1 is 1.06 bits per heavy atom. The van der Waals surface area contributed by atoms with Crippen molar-refractivity contribution in [3.05, 3.63) is 112 Å². The van der Waals surface area contributed by atoms with Crippen LogP contribution in [0.4, 0.5) is 0 Å². The summed E-state index contributed by atoms with van der Waals surface area (Å²) in [4.78, 5) is 25.9. The van der Waals surface area contributed by atoms with Crippen molar-refractivity contribution in [2.75, 3.05) is 12.4 Å². The van der Waals surface area contributed by atoms with E-state index in [0.717, 1.165) is 5.56 Å². The van der Waals surface area contributed by atoms with E-state index < -0.39 is 11.9 Å². The van der Waals surface area contributed by atoms with E-state index in [9.17, 15) is 14.9 Å². The second-order valence-electron chi connectivity index (χ2n) is 7.38. The van der Waals surface area contributed by atoms with Gasteiger partial charge in [0.2, 0.25) is 0 Å². The molecule has 7 heteroatoms. The van der Waals surface area contributed by atoms with Gasteiger partial charge in [-0.1, -0.05) is 72.4 Å². The zero-order valence-corrected chi connectivity index (χ0v) is 19.3. The molecule has 2 aromatic carbocycles. The highest BCUT2D eigenvalue weighted by Gasteiger charge is 2.38. The first-order valence-electron chi connectivity index (χ1n) is 10.8. The lowest BCUT2D eigenvalue weighted by molar-refractivity contribution is -0.138. The average Bonchev–Trinajstić information content (AvgIpc) is 3.42. The van der Waals surface area contributed by atoms with Gasteiger partial charge in [-0.2, -0.15) is 5.26 Å². The molecule has 0 radical (unpaired) electrons. The van der Waals surface area contributed by atoms with Crippen molar-refractivity contribution in [3.63, 3.8) is 0 Å². The van der Waals surface area contributed by atoms with E-state index in [4.69, 9.17) is 9.15 Å². The van der Waals surface area contributed by atoms with Gasteiger partial charge in [0.1, 0.15) is 5.76 Å². The molecule has 1 atom stereocenters. The van der Waals surface area contributed by atoms with E-state index in [-0.39, 0.29) is 18.1 Å². The predicted molar refractivity (Wildman–Crippen MR) is 130 cm³/mol. The number of rotatable bonds is 8. The number of nitrogens with one attached hydrogen (secondary N) is 1. The lowest BCUT2D eigenvalue weighted by atomic mass is 9.84. The molecule has 2 heterocycles. The van der Waals surface area contributed by atoms with Crippen molar-refractivity contribution in [1.29, 1.82) is 5.26 Å². The Hall–Kier alpha value is -4.02. The molecule has 0 saturated carbocycles. The van der Waals surface area contributed by atoms with Crippen molar-refractivity contribution in [2.45, 2.75) is 12.8 Å². The van der Waals surface area contributed by atoms with E-state index in [0.29, 0.717) is 33.2 Å². The summed E-state index contributed by atoms with van der Waals surface area (Å²) in [5, 5.41) is 13.9. The molecule has 1 aliphatic rings. The molecule has 0 bridgehead atoms. The number of carbonyl (C=O) groups is 2. The first kappa shape index (κ1) is 23.1. The summed E-state index contributed by atoms with van der Waals surface area (Å²) < 4.78 is 11.0. The van der Waals surface area contributed by atoms with E-state index >= 15 is 0 Å². The zero-order valence-electron chi connectivity index (χ0n) is 18.5. The summed E-state index contributed by atoms with van der Waals surface area (Å²) in [5.74, 6) is -0.799. The summed E-state index contributed by atoms with van der Waals surface area (Å²) in [7, 11) is 0. The number of hydrogen-bond acceptors (Lipinski definition) is 7. The summed E-state index contributed by atoms with van der Waals surface area (Å²) in [5.41, 5.74) is 2.46. The van der Waals surface area contributed by atoms with Crippen LogP contribution in [0.5, 0.6) is 0 Å². The smallest absolute Gasteiger partial charge is 0.337 e. The Balaban J connectivity index is 1.79. The molecule has 0 aliphatic carbocycles. The van der Waals surface area contributed by atoms with Gasteiger partial charge in [0, 0.05) is 5.56 Å². The van der Waals surface area contributed by atoms with Gasteiger partial charge in [-0.15, -0.1) is 0 Å². The minimum atomic E-state index is -0.773. The second kappa shape index (κ2) is 10.7. The minimum Gasteiger partial charge on any atom is -0.468 e. The summed E-state index contributed by atoms with van der Waals surface area (Å²) in [6.45, 7) is 1.92. The van der Waals surface area contributed by atoms with Crippen molar-refractivity contribution in [3.8, 4) is 6.07 Å². The van der Waals surface area contributed by atoms with Gasteiger partial charge in [-0.3, -0.25) is 4.79 Å². The Kier molecular flexibility index (Phi) is 7.31. The monoisotopic (exact) mass is 470 g/mol. The number of thioether (sulfide) groups is 1. The molecule has 3 aromatic rings. The highest BCUT2D eigenvalue weighted by molar-refractivity contribution is 8.03. The van der Waals surface area contributed by atoms with Crippen LogP contribution < -0.4 is 5.32 Å². The number of nitriles is 1. The molecule has 1 aliphatic heterocycles. The van der Waals surface area contributed by atoms with Crippen LogP contribution in [-0.4, -0.2) is 24.1 Å². The van der Waals surface area contributed by atoms with Crippen LogP contribution in [0, 0.1) is 11.3 Å². The molecule has 0 saturated heterocycles. The Morgan fingerprint density at radius 3 is 2.38 bits per heavy atom. The molecular weight excluding hydrogens is 448 g/mol. The standard InChI is InChI=1S/C27H22N2O4S/c1-2-32-27(31)24-23(22-14-9-15-33-22)20(16-28)26(29-25(24)19-12-7-4-8-13-19)34-17-21(30)18-10-5-3-6-11-18/h3-15,23,29H,2,17H2,1H3/t23-/m1/s1. The maximum absolute atomic E-state index is 13.2. The number of Topliss-reactive ketones (excluding diaryl/α,β-unsaturated/α-hetero) is 1. The number of esters is 1. The van der Waals surface area contributed by atoms with Crippen LogP contribution in [0.1, 0.15) is 34.5 Å². The third-order valence-electron chi connectivity index (χ3n) is 5.28. The van der Waals surface area contributed by atoms with Gasteiger partial charge in [-0.25, -0.2) is 4.79 Å². The number of benzene rings is 2. The zero-order chi connectivity index (χ0) is 23.9. The van der Waals surface area contributed by atoms with Crippen LogP contribution in [0.2, 0.25) is 0 Å². The SMILES string of the molecule is CCOC(=O)C1=C(c2ccccc2)NC(SCC(=O)c2ccccc2)=C(C#N)[C@@H]1c1ccco1. The first-order chi connectivity index (χ1) is 16.6. The van der Waals surface area contributed by atoms with Gasteiger partial charge >= 0.3 is 5.97 Å². The fraction of sp³-hybridized carbons (Fsp3) is 0.148. The number of ether oxygens (including phenoxy) is 1. The third-order valence-corrected chi connectivity index (χ3v) is 6.30. The number of furan rings is 1. The Bertz CT molecular complexity index is 1270. The highest BCUT2D eigenvalue weighted by atomic mass is 32.2. The van der Waals surface area contributed by atoms with Crippen molar-refractivity contribution in [2.24, 2.45) is 0 Å². The first-order valence-corrected chi connectivity index (χ1v) is 11.7. The maximum Gasteiger partial charge on any atom is 0.337 e. The molecule has 0 spiro atoms. The van der Waals surface area contributed by atoms with E-state index in [1.54, 1.807) is 31.2 Å². The maximum atomic E-state index is 13.2. The second-order valence-corrected chi connectivity index (χ2v) is 8.37. The molecule has 1 aromatic heterocycles. The fourth-order valence-corrected chi connectivity index (χ4v) is 4.68. The number of hydrogen-bond donors (Lipinski definition) is 1. The topological polar surface area (TPSA) is 92.3 Å². The lowest BCUT2D eigenvalue weighted by Crippen LogP contribution is -2.29. The summed E-state index contributed by atoms with van der Waals surface area (Å²) >= 11 is 1.23. The molecule has 34 heavy (non-hydrogen) atoms. The van der Waals surface area contributed by atoms with Gasteiger partial charge < -0.3 is 14.5 Å². The normalized spacial score (nSPS) is 15.5. The average molecular weight is 471 g/mol. The molecule has 0 unspecified atom stereocenters. The lowest BCUT2D eigenvalue weighted by Gasteiger charge is -2.29. The summed E-state index contributed by atoms with van der Waals surface area (Å²) in [6, 6.07) is 24.0. The predicted octanol–water partition coefficient (Wildman–Crippen LogP) is 5.29. The van der Waals surface area contributed by atoms with E-state index in [1.807, 2.05) is 48.5 Å². The molecule has 170 valence electrons. The molecule has 0 fully saturated rings. The van der Waals surface area contributed by atoms with Crippen LogP contribution in [0.3, 0.4) is 0 Å². The van der Waals surface area contributed by atoms with Crippen LogP contribution in [0.15, 0.2) is 99.7 Å². The number of nitrogens with zero attached hydrogens (tertiary/aromatic N) is 1. The molecule has 6 nitrogen and oxygen atoms in total. The van der Waals surface area contributed by atoms with Crippen molar-refractivity contribution >= 4 is 29.2 Å². The highest BCUT2D eigenvalue weighted by Crippen LogP contribution is 2.43. The Morgan fingerprint density at radius 2 is 1.76 bits per heavy atom. The largest absolute Gasteiger partial charge is 0.468 e. The minimum absolute atomic E-state index is 0.0619. The van der Waals surface area contributed by atoms with E-state index in [1.165, 1.54) is 18.0 Å². The van der Waals surface area contributed by atoms with Crippen molar-refractivity contribution in [1.82, 2.24) is 5.32 Å². The summed E-state index contributed by atoms with van der Waals surface area (Å²) in [6.07, 6.45) is 1.50. The fourth-order valence-electron chi connectivity index (χ4n) is 3.74. The number of dihydropyridines is 1. The Labute approximate surface area is 201 Å². The number of ketones is 1. The van der Waals surface area contributed by atoms with E-state index in [2.05, 4.69) is 11.4 Å². The third kappa shape index (κ3) is 4.82. The van der Waals surface area contributed by atoms with Gasteiger partial charge in [0.25, 0.3) is 0 Å². The van der Waals surface area contributed by atoms with Crippen LogP contribution in [0.25, 0.3) is 5.70 Å². The number of allylic oxidation sites excluding steroid dienone is 1. The molecule has 0 amide bonds. The molecule has 4 rings (SSSR count). The van der Waals surface area contributed by atoms with Gasteiger partial charge in [0.15, 0.2) is 5.78 Å². The quantitative estimate of drug-likeness (QED) is 0.353. The number of carbonyl (C=O) groups excluding carboxylic acids is 2. The van der Waals surface area contributed by atoms with Crippen LogP contribution in [-0.2, 0) is 9.53 Å². The van der Waals surface area contributed by atoms with Gasteiger partial charge in [0.05, 0.1) is 52.5 Å². The van der Waals surface area contributed by atoms with Gasteiger partial charge in [-0.05, 0) is 24.6 Å². The molecular formula is C27H22N2O4S. The molecule has 1 N–H and O–H groups in total. The van der Waals surface area contributed by atoms with Crippen molar-refractivity contribution < 1.29 is 18.7 Å².